The third-order valence-corrected chi connectivity index (χ3v) is 1.72. The van der Waals surface area contributed by atoms with Crippen LogP contribution in [0, 0.1) is 11.3 Å². The molecular weight excluding hydrogens is 164 g/mol. The molecular formula is C9H8N4. The number of azide groups is 1. The summed E-state index contributed by atoms with van der Waals surface area (Å²) in [6, 6.07) is 8.85. The molecule has 0 aromatic heterocycles. The van der Waals surface area contributed by atoms with Crippen molar-refractivity contribution in [1.29, 1.82) is 5.26 Å². The van der Waals surface area contributed by atoms with Crippen molar-refractivity contribution in [2.24, 2.45) is 5.11 Å². The van der Waals surface area contributed by atoms with Gasteiger partial charge in [0, 0.05) is 4.91 Å². The lowest BCUT2D eigenvalue weighted by Gasteiger charge is -2.03. The average Bonchev–Trinajstić information content (AvgIpc) is 2.18. The quantitative estimate of drug-likeness (QED) is 0.384. The lowest BCUT2D eigenvalue weighted by atomic mass is 10.1. The molecule has 13 heavy (non-hydrogen) atoms. The molecule has 0 bridgehead atoms. The van der Waals surface area contributed by atoms with Crippen LogP contribution in [0.4, 0.5) is 0 Å². The zero-order valence-electron chi connectivity index (χ0n) is 7.18. The molecule has 1 aromatic rings. The average molecular weight is 172 g/mol. The van der Waals surface area contributed by atoms with E-state index < -0.39 is 0 Å². The SMILES string of the molecule is C[C@@H](N=[N+]=[N-])c1cccc(C#N)c1. The lowest BCUT2D eigenvalue weighted by Crippen LogP contribution is -1.88. The van der Waals surface area contributed by atoms with Crippen molar-refractivity contribution >= 4 is 0 Å². The van der Waals surface area contributed by atoms with Gasteiger partial charge in [-0.2, -0.15) is 5.26 Å². The molecule has 0 radical (unpaired) electrons. The molecule has 0 unspecified atom stereocenters. The van der Waals surface area contributed by atoms with Crippen molar-refractivity contribution in [3.05, 3.63) is 45.8 Å². The van der Waals surface area contributed by atoms with E-state index >= 15 is 0 Å². The number of nitriles is 1. The number of benzene rings is 1. The number of rotatable bonds is 2. The second-order valence-electron chi connectivity index (χ2n) is 2.62. The molecule has 64 valence electrons. The number of hydrogen-bond acceptors (Lipinski definition) is 2. The minimum absolute atomic E-state index is 0.224. The first-order chi connectivity index (χ1) is 6.27. The minimum Gasteiger partial charge on any atom is -0.192 e. The van der Waals surface area contributed by atoms with Crippen LogP contribution in [0.2, 0.25) is 0 Å². The van der Waals surface area contributed by atoms with E-state index in [2.05, 4.69) is 10.0 Å². The fourth-order valence-electron chi connectivity index (χ4n) is 1.01. The minimum atomic E-state index is -0.224. The van der Waals surface area contributed by atoms with Gasteiger partial charge in [-0.15, -0.1) is 0 Å². The Bertz CT molecular complexity index is 385. The van der Waals surface area contributed by atoms with E-state index in [1.807, 2.05) is 12.1 Å². The van der Waals surface area contributed by atoms with Gasteiger partial charge >= 0.3 is 0 Å². The highest BCUT2D eigenvalue weighted by Gasteiger charge is 2.02. The van der Waals surface area contributed by atoms with Crippen molar-refractivity contribution < 1.29 is 0 Å². The summed E-state index contributed by atoms with van der Waals surface area (Å²) in [5.41, 5.74) is 9.66. The fourth-order valence-corrected chi connectivity index (χ4v) is 1.01. The maximum atomic E-state index is 8.62. The van der Waals surface area contributed by atoms with Crippen LogP contribution in [0.1, 0.15) is 24.1 Å². The summed E-state index contributed by atoms with van der Waals surface area (Å²) < 4.78 is 0. The summed E-state index contributed by atoms with van der Waals surface area (Å²) in [5.74, 6) is 0. The highest BCUT2D eigenvalue weighted by Crippen LogP contribution is 2.17. The maximum absolute atomic E-state index is 8.62. The molecule has 0 saturated carbocycles. The Labute approximate surface area is 76.1 Å². The summed E-state index contributed by atoms with van der Waals surface area (Å²) in [7, 11) is 0. The summed E-state index contributed by atoms with van der Waals surface area (Å²) >= 11 is 0. The van der Waals surface area contributed by atoms with Gasteiger partial charge in [0.25, 0.3) is 0 Å². The molecule has 4 nitrogen and oxygen atoms in total. The number of nitrogens with zero attached hydrogens (tertiary/aromatic N) is 4. The van der Waals surface area contributed by atoms with Gasteiger partial charge in [-0.25, -0.2) is 0 Å². The molecule has 0 aliphatic rings. The molecule has 1 rings (SSSR count). The molecule has 0 saturated heterocycles. The molecule has 0 spiro atoms. The molecule has 0 amide bonds. The van der Waals surface area contributed by atoms with Crippen LogP contribution >= 0.6 is 0 Å². The zero-order chi connectivity index (χ0) is 9.68. The van der Waals surface area contributed by atoms with Crippen LogP contribution in [-0.2, 0) is 0 Å². The lowest BCUT2D eigenvalue weighted by molar-refractivity contribution is 0.807. The zero-order valence-corrected chi connectivity index (χ0v) is 7.18. The third-order valence-electron chi connectivity index (χ3n) is 1.72. The van der Waals surface area contributed by atoms with Gasteiger partial charge in [0.1, 0.15) is 0 Å². The number of hydrogen-bond donors (Lipinski definition) is 0. The highest BCUT2D eigenvalue weighted by molar-refractivity contribution is 5.34. The Morgan fingerprint density at radius 2 is 2.38 bits per heavy atom. The van der Waals surface area contributed by atoms with Crippen LogP contribution in [0.5, 0.6) is 0 Å². The van der Waals surface area contributed by atoms with E-state index in [-0.39, 0.29) is 6.04 Å². The molecule has 1 atom stereocenters. The Morgan fingerprint density at radius 3 is 3.00 bits per heavy atom. The summed E-state index contributed by atoms with van der Waals surface area (Å²) in [6.07, 6.45) is 0. The van der Waals surface area contributed by atoms with Crippen molar-refractivity contribution in [1.82, 2.24) is 0 Å². The maximum Gasteiger partial charge on any atom is 0.0991 e. The van der Waals surface area contributed by atoms with Gasteiger partial charge in [0.05, 0.1) is 17.7 Å². The predicted octanol–water partition coefficient (Wildman–Crippen LogP) is 2.93. The molecule has 0 heterocycles. The van der Waals surface area contributed by atoms with Crippen molar-refractivity contribution in [2.45, 2.75) is 13.0 Å². The molecule has 1 aromatic carbocycles. The van der Waals surface area contributed by atoms with Gasteiger partial charge < -0.3 is 0 Å². The first-order valence-corrected chi connectivity index (χ1v) is 3.82. The summed E-state index contributed by atoms with van der Waals surface area (Å²) in [4.78, 5) is 2.71. The van der Waals surface area contributed by atoms with E-state index in [0.717, 1.165) is 5.56 Å². The highest BCUT2D eigenvalue weighted by atomic mass is 15.1. The van der Waals surface area contributed by atoms with Gasteiger partial charge in [-0.05, 0) is 23.2 Å². The van der Waals surface area contributed by atoms with Crippen LogP contribution in [0.15, 0.2) is 29.4 Å². The molecule has 0 aliphatic carbocycles. The Kier molecular flexibility index (Phi) is 2.91. The monoisotopic (exact) mass is 172 g/mol. The fraction of sp³-hybridized carbons (Fsp3) is 0.222. The van der Waals surface area contributed by atoms with Crippen molar-refractivity contribution in [2.75, 3.05) is 0 Å². The smallest absolute Gasteiger partial charge is 0.0991 e. The van der Waals surface area contributed by atoms with Crippen LogP contribution in [0.3, 0.4) is 0 Å². The second-order valence-corrected chi connectivity index (χ2v) is 2.62. The van der Waals surface area contributed by atoms with E-state index in [9.17, 15) is 0 Å². The predicted molar refractivity (Wildman–Crippen MR) is 48.7 cm³/mol. The largest absolute Gasteiger partial charge is 0.192 e. The van der Waals surface area contributed by atoms with E-state index in [0.29, 0.717) is 5.56 Å². The summed E-state index contributed by atoms with van der Waals surface area (Å²) in [6.45, 7) is 1.79. The third kappa shape index (κ3) is 2.22. The van der Waals surface area contributed by atoms with Crippen LogP contribution < -0.4 is 0 Å². The van der Waals surface area contributed by atoms with E-state index in [1.165, 1.54) is 0 Å². The Morgan fingerprint density at radius 1 is 1.62 bits per heavy atom. The van der Waals surface area contributed by atoms with Crippen molar-refractivity contribution in [3.8, 4) is 6.07 Å². The second kappa shape index (κ2) is 4.15. The normalized spacial score (nSPS) is 11.1. The standard InChI is InChI=1S/C9H8N4/c1-7(12-13-11)9-4-2-3-8(5-9)6-10/h2-5,7H,1H3/t7-/m1/s1. The molecule has 0 N–H and O–H groups in total. The van der Waals surface area contributed by atoms with Gasteiger partial charge in [0.2, 0.25) is 0 Å². The van der Waals surface area contributed by atoms with Gasteiger partial charge in [-0.1, -0.05) is 24.2 Å². The van der Waals surface area contributed by atoms with Crippen LogP contribution in [-0.4, -0.2) is 0 Å². The summed E-state index contributed by atoms with van der Waals surface area (Å²) in [5, 5.41) is 12.2. The Hall–Kier alpha value is -1.98. The van der Waals surface area contributed by atoms with Crippen LogP contribution in [0.25, 0.3) is 10.4 Å². The molecule has 0 aliphatic heterocycles. The topological polar surface area (TPSA) is 72.6 Å². The first kappa shape index (κ1) is 9.11. The molecule has 0 fully saturated rings. The van der Waals surface area contributed by atoms with Crippen molar-refractivity contribution in [3.63, 3.8) is 0 Å². The Balaban J connectivity index is 3.02. The van der Waals surface area contributed by atoms with E-state index in [4.69, 9.17) is 10.8 Å². The first-order valence-electron chi connectivity index (χ1n) is 3.82. The molecule has 4 heteroatoms. The van der Waals surface area contributed by atoms with Gasteiger partial charge in [0.15, 0.2) is 0 Å². The van der Waals surface area contributed by atoms with Gasteiger partial charge in [-0.3, -0.25) is 0 Å². The van der Waals surface area contributed by atoms with E-state index in [1.54, 1.807) is 25.1 Å².